The molecule has 0 bridgehead atoms. The molecule has 0 unspecified atom stereocenters. The van der Waals surface area contributed by atoms with Crippen LogP contribution in [0.4, 0.5) is 4.79 Å². The van der Waals surface area contributed by atoms with Crippen LogP contribution >= 0.6 is 11.8 Å². The van der Waals surface area contributed by atoms with Crippen LogP contribution in [0.15, 0.2) is 53.7 Å². The summed E-state index contributed by atoms with van der Waals surface area (Å²) in [4.78, 5) is 25.6. The second-order valence-electron chi connectivity index (χ2n) is 7.84. The van der Waals surface area contributed by atoms with Gasteiger partial charge in [0.15, 0.2) is 11.0 Å². The fourth-order valence-electron chi connectivity index (χ4n) is 3.59. The van der Waals surface area contributed by atoms with Crippen LogP contribution in [0.3, 0.4) is 0 Å². The van der Waals surface area contributed by atoms with Gasteiger partial charge in [-0.1, -0.05) is 67.1 Å². The molecule has 0 spiro atoms. The van der Waals surface area contributed by atoms with E-state index in [0.717, 1.165) is 36.3 Å². The van der Waals surface area contributed by atoms with Crippen LogP contribution in [0.1, 0.15) is 30.9 Å². The highest BCUT2D eigenvalue weighted by Crippen LogP contribution is 2.29. The molecule has 32 heavy (non-hydrogen) atoms. The minimum atomic E-state index is -0.333. The van der Waals surface area contributed by atoms with Crippen LogP contribution < -0.4 is 5.32 Å². The number of aryl methyl sites for hydroxylation is 2. The van der Waals surface area contributed by atoms with Crippen LogP contribution in [-0.4, -0.2) is 50.4 Å². The number of carbonyl (C=O) groups is 2. The lowest BCUT2D eigenvalue weighted by Crippen LogP contribution is -2.35. The summed E-state index contributed by atoms with van der Waals surface area (Å²) < 4.78 is 1.98. The average molecular weight is 450 g/mol. The first kappa shape index (κ1) is 22.1. The van der Waals surface area contributed by atoms with E-state index in [4.69, 9.17) is 0 Å². The molecule has 1 saturated heterocycles. The highest BCUT2D eigenvalue weighted by Gasteiger charge is 2.27. The Morgan fingerprint density at radius 3 is 2.50 bits per heavy atom. The number of benzene rings is 2. The second-order valence-corrected chi connectivity index (χ2v) is 8.79. The van der Waals surface area contributed by atoms with Crippen molar-refractivity contribution in [1.82, 2.24) is 25.0 Å². The van der Waals surface area contributed by atoms with E-state index in [0.29, 0.717) is 18.2 Å². The molecule has 1 N–H and O–H groups in total. The molecule has 0 aliphatic carbocycles. The summed E-state index contributed by atoms with van der Waals surface area (Å²) in [6.45, 7) is 5.13. The van der Waals surface area contributed by atoms with Gasteiger partial charge in [0.05, 0.1) is 5.75 Å². The topological polar surface area (TPSA) is 80.1 Å². The molecule has 3 aromatic rings. The fraction of sp³-hybridized carbons (Fsp3) is 0.333. The lowest BCUT2D eigenvalue weighted by Gasteiger charge is -2.13. The number of unbranched alkanes of at least 4 members (excludes halogenated alkanes) is 1. The van der Waals surface area contributed by atoms with Crippen molar-refractivity contribution in [3.8, 4) is 17.1 Å². The van der Waals surface area contributed by atoms with Gasteiger partial charge < -0.3 is 5.32 Å². The number of imide groups is 1. The number of hydrogen-bond donors (Lipinski definition) is 1. The van der Waals surface area contributed by atoms with Crippen molar-refractivity contribution < 1.29 is 9.59 Å². The predicted octanol–water partition coefficient (Wildman–Crippen LogP) is 4.23. The molecule has 3 amide bonds. The van der Waals surface area contributed by atoms with Gasteiger partial charge in [-0.25, -0.2) is 4.79 Å². The molecule has 0 saturated carbocycles. The smallest absolute Gasteiger partial charge is 0.324 e. The normalized spacial score (nSPS) is 13.4. The molecule has 166 valence electrons. The number of rotatable bonds is 8. The molecule has 1 aliphatic rings. The van der Waals surface area contributed by atoms with E-state index in [9.17, 15) is 9.59 Å². The number of aromatic nitrogens is 3. The van der Waals surface area contributed by atoms with Crippen molar-refractivity contribution in [2.45, 2.75) is 38.3 Å². The van der Waals surface area contributed by atoms with Gasteiger partial charge in [0.2, 0.25) is 5.91 Å². The number of nitrogens with one attached hydrogen (secondary N) is 1. The lowest BCUT2D eigenvalue weighted by molar-refractivity contribution is -0.124. The summed E-state index contributed by atoms with van der Waals surface area (Å²) in [5.41, 5.74) is 4.36. The van der Waals surface area contributed by atoms with Crippen molar-refractivity contribution in [2.24, 2.45) is 0 Å². The average Bonchev–Trinajstić information content (AvgIpc) is 3.43. The van der Waals surface area contributed by atoms with E-state index in [-0.39, 0.29) is 17.7 Å². The number of hydrogen-bond acceptors (Lipinski definition) is 5. The van der Waals surface area contributed by atoms with Gasteiger partial charge >= 0.3 is 6.03 Å². The van der Waals surface area contributed by atoms with E-state index in [2.05, 4.69) is 46.7 Å². The Hall–Kier alpha value is -3.13. The third-order valence-corrected chi connectivity index (χ3v) is 6.35. The maximum atomic E-state index is 12.5. The highest BCUT2D eigenvalue weighted by atomic mass is 32.2. The number of amides is 3. The molecule has 2 aromatic carbocycles. The maximum absolute atomic E-state index is 12.5. The largest absolute Gasteiger partial charge is 0.336 e. The predicted molar refractivity (Wildman–Crippen MR) is 126 cm³/mol. The van der Waals surface area contributed by atoms with Crippen molar-refractivity contribution in [2.75, 3.05) is 18.8 Å². The third kappa shape index (κ3) is 4.85. The van der Waals surface area contributed by atoms with Crippen LogP contribution in [0.25, 0.3) is 17.1 Å². The molecule has 2 heterocycles. The van der Waals surface area contributed by atoms with Gasteiger partial charge in [-0.15, -0.1) is 10.2 Å². The standard InChI is InChI=1S/C24H27N5O2S/c1-3-4-5-18-8-12-20(13-9-18)29-22(19-10-6-17(2)7-11-19)26-27-24(29)32-16-21(30)28-15-14-25-23(28)31/h6-13H,3-5,14-16H2,1-2H3,(H,25,31). The van der Waals surface area contributed by atoms with E-state index in [1.807, 2.05) is 35.8 Å². The van der Waals surface area contributed by atoms with Crippen molar-refractivity contribution in [3.05, 3.63) is 59.7 Å². The SMILES string of the molecule is CCCCc1ccc(-n2c(SCC(=O)N3CCNC3=O)nnc2-c2ccc(C)cc2)cc1. The Morgan fingerprint density at radius 1 is 1.09 bits per heavy atom. The summed E-state index contributed by atoms with van der Waals surface area (Å²) in [6.07, 6.45) is 3.38. The van der Waals surface area contributed by atoms with Gasteiger partial charge in [-0.05, 0) is 37.5 Å². The van der Waals surface area contributed by atoms with Crippen LogP contribution in [0.5, 0.6) is 0 Å². The van der Waals surface area contributed by atoms with Gasteiger partial charge in [0.1, 0.15) is 0 Å². The maximum Gasteiger partial charge on any atom is 0.324 e. The Bertz CT molecular complexity index is 1090. The van der Waals surface area contributed by atoms with Crippen molar-refractivity contribution >= 4 is 23.7 Å². The molecule has 8 heteroatoms. The van der Waals surface area contributed by atoms with Gasteiger partial charge in [0.25, 0.3) is 0 Å². The van der Waals surface area contributed by atoms with E-state index in [1.165, 1.54) is 27.8 Å². The lowest BCUT2D eigenvalue weighted by atomic mass is 10.1. The minimum Gasteiger partial charge on any atom is -0.336 e. The van der Waals surface area contributed by atoms with Crippen LogP contribution in [-0.2, 0) is 11.2 Å². The number of thioether (sulfide) groups is 1. The molecule has 1 aromatic heterocycles. The summed E-state index contributed by atoms with van der Waals surface area (Å²) >= 11 is 1.29. The first-order valence-electron chi connectivity index (χ1n) is 10.9. The zero-order valence-corrected chi connectivity index (χ0v) is 19.2. The van der Waals surface area contributed by atoms with Gasteiger partial charge in [-0.2, -0.15) is 0 Å². The van der Waals surface area contributed by atoms with Crippen molar-refractivity contribution in [1.29, 1.82) is 0 Å². The quantitative estimate of drug-likeness (QED) is 0.521. The van der Waals surface area contributed by atoms with E-state index in [1.54, 1.807) is 0 Å². The molecule has 0 atom stereocenters. The van der Waals surface area contributed by atoms with Gasteiger partial charge in [-0.3, -0.25) is 14.3 Å². The van der Waals surface area contributed by atoms with Gasteiger partial charge in [0, 0.05) is 24.3 Å². The molecule has 1 aliphatic heterocycles. The summed E-state index contributed by atoms with van der Waals surface area (Å²) in [6, 6.07) is 16.2. The second kappa shape index (κ2) is 9.99. The fourth-order valence-corrected chi connectivity index (χ4v) is 4.42. The number of nitrogens with zero attached hydrogens (tertiary/aromatic N) is 4. The monoisotopic (exact) mass is 449 g/mol. The first-order valence-corrected chi connectivity index (χ1v) is 11.9. The Labute approximate surface area is 192 Å². The number of carbonyl (C=O) groups excluding carboxylic acids is 2. The third-order valence-electron chi connectivity index (χ3n) is 5.44. The first-order chi connectivity index (χ1) is 15.6. The summed E-state index contributed by atoms with van der Waals surface area (Å²) in [7, 11) is 0. The van der Waals surface area contributed by atoms with Crippen LogP contribution in [0, 0.1) is 6.92 Å². The molecule has 0 radical (unpaired) electrons. The Kier molecular flexibility index (Phi) is 6.90. The Morgan fingerprint density at radius 2 is 1.84 bits per heavy atom. The van der Waals surface area contributed by atoms with E-state index < -0.39 is 0 Å². The highest BCUT2D eigenvalue weighted by molar-refractivity contribution is 7.99. The van der Waals surface area contributed by atoms with Crippen LogP contribution in [0.2, 0.25) is 0 Å². The zero-order chi connectivity index (χ0) is 22.5. The molecular formula is C24H27N5O2S. The van der Waals surface area contributed by atoms with Crippen molar-refractivity contribution in [3.63, 3.8) is 0 Å². The summed E-state index contributed by atoms with van der Waals surface area (Å²) in [5, 5.41) is 12.1. The number of urea groups is 1. The molecule has 7 nitrogen and oxygen atoms in total. The Balaban J connectivity index is 1.63. The molecule has 1 fully saturated rings. The zero-order valence-electron chi connectivity index (χ0n) is 18.4. The molecule has 4 rings (SSSR count). The minimum absolute atomic E-state index is 0.119. The van der Waals surface area contributed by atoms with E-state index >= 15 is 0 Å². The molecular weight excluding hydrogens is 422 g/mol. The summed E-state index contributed by atoms with van der Waals surface area (Å²) in [5.74, 6) is 0.611.